The highest BCUT2D eigenvalue weighted by Crippen LogP contribution is 2.20. The smallest absolute Gasteiger partial charge is 0.321 e. The Morgan fingerprint density at radius 2 is 1.96 bits per heavy atom. The van der Waals surface area contributed by atoms with Gasteiger partial charge in [-0.25, -0.2) is 13.1 Å². The van der Waals surface area contributed by atoms with Gasteiger partial charge in [-0.2, -0.15) is 0 Å². The minimum atomic E-state index is -3.69. The molecule has 0 bridgehead atoms. The van der Waals surface area contributed by atoms with E-state index in [4.69, 9.17) is 5.11 Å². The van der Waals surface area contributed by atoms with Crippen LogP contribution in [0.2, 0.25) is 0 Å². The molecule has 8 heteroatoms. The first-order valence-corrected chi connectivity index (χ1v) is 9.77. The van der Waals surface area contributed by atoms with Gasteiger partial charge in [0.05, 0.1) is 5.75 Å². The fourth-order valence-corrected chi connectivity index (χ4v) is 4.28. The second kappa shape index (κ2) is 8.63. The first-order chi connectivity index (χ1) is 10.6. The molecule has 1 saturated heterocycles. The Labute approximate surface area is 138 Å². The van der Waals surface area contributed by atoms with E-state index in [0.29, 0.717) is 13.0 Å². The molecule has 1 heterocycles. The number of carbonyl (C=O) groups is 2. The molecule has 23 heavy (non-hydrogen) atoms. The molecule has 7 nitrogen and oxygen atoms in total. The van der Waals surface area contributed by atoms with Crippen LogP contribution in [0, 0.1) is 5.92 Å². The SMILES string of the molecule is CC(=O)N1CCCCC1CCS(=O)(=O)N[C@H](CC(C)C)C(=O)O. The van der Waals surface area contributed by atoms with Crippen LogP contribution in [0.25, 0.3) is 0 Å². The third-order valence-electron chi connectivity index (χ3n) is 4.08. The van der Waals surface area contributed by atoms with Crippen LogP contribution in [0.1, 0.15) is 52.9 Å². The van der Waals surface area contributed by atoms with Crippen molar-refractivity contribution in [2.24, 2.45) is 5.92 Å². The molecule has 1 unspecified atom stereocenters. The van der Waals surface area contributed by atoms with Crippen molar-refractivity contribution in [3.8, 4) is 0 Å². The number of hydrogen-bond acceptors (Lipinski definition) is 4. The maximum atomic E-state index is 12.2. The predicted molar refractivity (Wildman–Crippen MR) is 87.4 cm³/mol. The number of amides is 1. The number of likely N-dealkylation sites (tertiary alicyclic amines) is 1. The molecule has 0 saturated carbocycles. The van der Waals surface area contributed by atoms with E-state index in [0.717, 1.165) is 19.3 Å². The summed E-state index contributed by atoms with van der Waals surface area (Å²) in [6, 6.07) is -1.18. The van der Waals surface area contributed by atoms with Crippen molar-refractivity contribution in [1.82, 2.24) is 9.62 Å². The van der Waals surface area contributed by atoms with Gasteiger partial charge in [0.2, 0.25) is 15.9 Å². The van der Waals surface area contributed by atoms with E-state index in [1.165, 1.54) is 6.92 Å². The summed E-state index contributed by atoms with van der Waals surface area (Å²) in [5, 5.41) is 9.14. The lowest BCUT2D eigenvalue weighted by Crippen LogP contribution is -2.46. The number of carbonyl (C=O) groups excluding carboxylic acids is 1. The van der Waals surface area contributed by atoms with E-state index >= 15 is 0 Å². The van der Waals surface area contributed by atoms with Gasteiger partial charge >= 0.3 is 5.97 Å². The van der Waals surface area contributed by atoms with Crippen LogP contribution in [-0.2, 0) is 19.6 Å². The fraction of sp³-hybridized carbons (Fsp3) is 0.867. The second-order valence-corrected chi connectivity index (χ2v) is 8.48. The molecule has 1 rings (SSSR count). The van der Waals surface area contributed by atoms with Crippen LogP contribution in [0.4, 0.5) is 0 Å². The van der Waals surface area contributed by atoms with Crippen LogP contribution in [0.5, 0.6) is 0 Å². The average Bonchev–Trinajstić information content (AvgIpc) is 2.44. The van der Waals surface area contributed by atoms with Gasteiger partial charge in [-0.05, 0) is 38.0 Å². The number of carboxylic acid groups (broad SMARTS) is 1. The Bertz CT molecular complexity index is 518. The molecule has 1 amide bonds. The summed E-state index contributed by atoms with van der Waals surface area (Å²) in [4.78, 5) is 24.5. The standard InChI is InChI=1S/C15H28N2O5S/c1-11(2)10-14(15(19)20)16-23(21,22)9-7-13-6-4-5-8-17(13)12(3)18/h11,13-14,16H,4-10H2,1-3H3,(H,19,20)/t13?,14-/m1/s1. The monoisotopic (exact) mass is 348 g/mol. The van der Waals surface area contributed by atoms with Crippen molar-refractivity contribution in [2.75, 3.05) is 12.3 Å². The highest BCUT2D eigenvalue weighted by molar-refractivity contribution is 7.89. The van der Waals surface area contributed by atoms with Crippen LogP contribution < -0.4 is 4.72 Å². The summed E-state index contributed by atoms with van der Waals surface area (Å²) in [6.45, 7) is 5.85. The molecule has 2 atom stereocenters. The minimum Gasteiger partial charge on any atom is -0.480 e. The topological polar surface area (TPSA) is 104 Å². The highest BCUT2D eigenvalue weighted by atomic mass is 32.2. The van der Waals surface area contributed by atoms with Crippen molar-refractivity contribution < 1.29 is 23.1 Å². The molecule has 0 aromatic heterocycles. The maximum Gasteiger partial charge on any atom is 0.321 e. The van der Waals surface area contributed by atoms with Gasteiger partial charge < -0.3 is 10.0 Å². The van der Waals surface area contributed by atoms with Crippen LogP contribution in [0.15, 0.2) is 0 Å². The number of piperidine rings is 1. The summed E-state index contributed by atoms with van der Waals surface area (Å²) in [5.74, 6) is -1.29. The average molecular weight is 348 g/mol. The molecule has 0 aliphatic carbocycles. The molecule has 1 aliphatic rings. The first kappa shape index (κ1) is 19.9. The summed E-state index contributed by atoms with van der Waals surface area (Å²) < 4.78 is 26.6. The van der Waals surface area contributed by atoms with Crippen LogP contribution in [-0.4, -0.2) is 54.7 Å². The van der Waals surface area contributed by atoms with Gasteiger partial charge in [-0.15, -0.1) is 0 Å². The van der Waals surface area contributed by atoms with Crippen molar-refractivity contribution in [3.05, 3.63) is 0 Å². The van der Waals surface area contributed by atoms with Crippen LogP contribution >= 0.6 is 0 Å². The van der Waals surface area contributed by atoms with E-state index in [2.05, 4.69) is 4.72 Å². The Morgan fingerprint density at radius 3 is 2.48 bits per heavy atom. The molecular weight excluding hydrogens is 320 g/mol. The third-order valence-corrected chi connectivity index (χ3v) is 5.50. The second-order valence-electron chi connectivity index (χ2n) is 6.61. The van der Waals surface area contributed by atoms with Gasteiger partial charge in [0, 0.05) is 19.5 Å². The molecule has 2 N–H and O–H groups in total. The number of hydrogen-bond donors (Lipinski definition) is 2. The van der Waals surface area contributed by atoms with Crippen LogP contribution in [0.3, 0.4) is 0 Å². The Balaban J connectivity index is 2.63. The van der Waals surface area contributed by atoms with Gasteiger partial charge in [0.15, 0.2) is 0 Å². The van der Waals surface area contributed by atoms with E-state index in [1.54, 1.807) is 4.90 Å². The van der Waals surface area contributed by atoms with E-state index in [-0.39, 0.29) is 30.0 Å². The number of nitrogens with one attached hydrogen (secondary N) is 1. The molecule has 0 aromatic carbocycles. The quantitative estimate of drug-likeness (QED) is 0.686. The van der Waals surface area contributed by atoms with Crippen molar-refractivity contribution >= 4 is 21.9 Å². The van der Waals surface area contributed by atoms with Gasteiger partial charge in [0.25, 0.3) is 0 Å². The van der Waals surface area contributed by atoms with E-state index < -0.39 is 22.0 Å². The van der Waals surface area contributed by atoms with Gasteiger partial charge in [0.1, 0.15) is 6.04 Å². The zero-order valence-corrected chi connectivity index (χ0v) is 14.9. The van der Waals surface area contributed by atoms with Crippen molar-refractivity contribution in [3.63, 3.8) is 0 Å². The summed E-state index contributed by atoms with van der Waals surface area (Å²) in [7, 11) is -3.69. The lowest BCUT2D eigenvalue weighted by atomic mass is 10.00. The molecule has 0 radical (unpaired) electrons. The maximum absolute atomic E-state index is 12.2. The molecule has 1 aliphatic heterocycles. The first-order valence-electron chi connectivity index (χ1n) is 8.12. The Kier molecular flexibility index (Phi) is 7.47. The molecule has 0 aromatic rings. The lowest BCUT2D eigenvalue weighted by molar-refractivity contribution is -0.139. The molecule has 1 fully saturated rings. The number of nitrogens with zero attached hydrogens (tertiary/aromatic N) is 1. The zero-order valence-electron chi connectivity index (χ0n) is 14.1. The fourth-order valence-electron chi connectivity index (χ4n) is 2.95. The molecule has 134 valence electrons. The summed E-state index contributed by atoms with van der Waals surface area (Å²) in [5.41, 5.74) is 0. The largest absolute Gasteiger partial charge is 0.480 e. The molecule has 0 spiro atoms. The van der Waals surface area contributed by atoms with E-state index in [9.17, 15) is 18.0 Å². The van der Waals surface area contributed by atoms with Crippen molar-refractivity contribution in [2.45, 2.75) is 65.0 Å². The minimum absolute atomic E-state index is 0.0386. The number of aliphatic carboxylic acids is 1. The number of carboxylic acids is 1. The summed E-state index contributed by atoms with van der Waals surface area (Å²) >= 11 is 0. The number of rotatable bonds is 8. The lowest BCUT2D eigenvalue weighted by Gasteiger charge is -2.35. The van der Waals surface area contributed by atoms with Gasteiger partial charge in [-0.3, -0.25) is 9.59 Å². The Hall–Kier alpha value is -1.15. The highest BCUT2D eigenvalue weighted by Gasteiger charge is 2.28. The number of sulfonamides is 1. The molecular formula is C15H28N2O5S. The Morgan fingerprint density at radius 1 is 1.30 bits per heavy atom. The normalized spacial score (nSPS) is 20.5. The van der Waals surface area contributed by atoms with Crippen molar-refractivity contribution in [1.29, 1.82) is 0 Å². The van der Waals surface area contributed by atoms with E-state index in [1.807, 2.05) is 13.8 Å². The van der Waals surface area contributed by atoms with Gasteiger partial charge in [-0.1, -0.05) is 13.8 Å². The third kappa shape index (κ3) is 6.87. The predicted octanol–water partition coefficient (Wildman–Crippen LogP) is 1.20. The summed E-state index contributed by atoms with van der Waals surface area (Å²) in [6.07, 6.45) is 3.30. The zero-order chi connectivity index (χ0) is 17.6.